The first-order chi connectivity index (χ1) is 6.75. The fourth-order valence-electron chi connectivity index (χ4n) is 0.972. The van der Waals surface area contributed by atoms with Crippen LogP contribution in [-0.4, -0.2) is 31.3 Å². The molecule has 0 radical (unpaired) electrons. The number of H-pyrrole nitrogens is 2. The zero-order chi connectivity index (χ0) is 9.97. The molecule has 0 spiro atoms. The Bertz CT molecular complexity index is 431. The number of nitrogens with one attached hydrogen (secondary N) is 3. The summed E-state index contributed by atoms with van der Waals surface area (Å²) in [5.74, 6) is 0.253. The molecule has 0 saturated heterocycles. The zero-order valence-corrected chi connectivity index (χ0v) is 7.40. The summed E-state index contributed by atoms with van der Waals surface area (Å²) in [5, 5.41) is 15.1. The smallest absolute Gasteiger partial charge is 0.294 e. The lowest BCUT2D eigenvalue weighted by atomic mass is 10.4. The fraction of sp³-hybridized carbons (Fsp3) is 0.143. The number of rotatable bonds is 2. The van der Waals surface area contributed by atoms with E-state index in [1.165, 1.54) is 6.33 Å². The molecule has 0 atom stereocenters. The number of aromatic amines is 2. The van der Waals surface area contributed by atoms with Crippen LogP contribution in [0.5, 0.6) is 0 Å². The summed E-state index contributed by atoms with van der Waals surface area (Å²) in [7, 11) is 0. The van der Waals surface area contributed by atoms with Crippen molar-refractivity contribution in [2.45, 2.75) is 6.92 Å². The number of amides is 1. The van der Waals surface area contributed by atoms with Gasteiger partial charge in [0.25, 0.3) is 5.91 Å². The van der Waals surface area contributed by atoms with Gasteiger partial charge in [0.05, 0.1) is 0 Å². The largest absolute Gasteiger partial charge is 0.302 e. The number of carbonyl (C=O) groups excluding carboxylic acids is 1. The third-order valence-electron chi connectivity index (χ3n) is 1.58. The number of nitrogens with zero attached hydrogens (tertiary/aromatic N) is 3. The number of aromatic nitrogens is 5. The maximum Gasteiger partial charge on any atom is 0.294 e. The molecule has 0 unspecified atom stereocenters. The van der Waals surface area contributed by atoms with Gasteiger partial charge < -0.3 is 5.32 Å². The molecule has 0 saturated carbocycles. The van der Waals surface area contributed by atoms with Gasteiger partial charge in [-0.2, -0.15) is 10.2 Å². The van der Waals surface area contributed by atoms with Crippen LogP contribution in [0, 0.1) is 6.92 Å². The molecule has 72 valence electrons. The Morgan fingerprint density at radius 1 is 1.50 bits per heavy atom. The van der Waals surface area contributed by atoms with Gasteiger partial charge in [-0.3, -0.25) is 15.0 Å². The molecule has 2 rings (SSSR count). The van der Waals surface area contributed by atoms with Crippen LogP contribution in [0.3, 0.4) is 0 Å². The topological polar surface area (TPSA) is 99.3 Å². The summed E-state index contributed by atoms with van der Waals surface area (Å²) in [4.78, 5) is 15.1. The standard InChI is InChI=1S/C7H8N6O/c1-4-2-5(12-11-4)10-7(14)6-8-3-9-13-6/h2-3H,1H3,(H,8,9,13)(H2,10,11,12,14). The molecule has 3 N–H and O–H groups in total. The normalized spacial score (nSPS) is 10.1. The van der Waals surface area contributed by atoms with Crippen LogP contribution in [0.1, 0.15) is 16.3 Å². The van der Waals surface area contributed by atoms with Crippen molar-refractivity contribution in [3.63, 3.8) is 0 Å². The molecule has 1 amide bonds. The molecule has 0 aromatic carbocycles. The van der Waals surface area contributed by atoms with Crippen molar-refractivity contribution in [1.82, 2.24) is 25.4 Å². The third-order valence-corrected chi connectivity index (χ3v) is 1.58. The van der Waals surface area contributed by atoms with Crippen molar-refractivity contribution < 1.29 is 4.79 Å². The van der Waals surface area contributed by atoms with E-state index in [2.05, 4.69) is 30.7 Å². The van der Waals surface area contributed by atoms with E-state index in [4.69, 9.17) is 0 Å². The van der Waals surface area contributed by atoms with Gasteiger partial charge in [-0.15, -0.1) is 0 Å². The van der Waals surface area contributed by atoms with Crippen molar-refractivity contribution in [3.8, 4) is 0 Å². The van der Waals surface area contributed by atoms with Gasteiger partial charge in [0.1, 0.15) is 6.33 Å². The number of hydrogen-bond acceptors (Lipinski definition) is 4. The highest BCUT2D eigenvalue weighted by atomic mass is 16.2. The Morgan fingerprint density at radius 2 is 2.36 bits per heavy atom. The Hall–Kier alpha value is -2.18. The first-order valence-electron chi connectivity index (χ1n) is 3.94. The first-order valence-corrected chi connectivity index (χ1v) is 3.94. The van der Waals surface area contributed by atoms with Crippen LogP contribution in [0.15, 0.2) is 12.4 Å². The minimum Gasteiger partial charge on any atom is -0.302 e. The van der Waals surface area contributed by atoms with E-state index in [-0.39, 0.29) is 11.7 Å². The van der Waals surface area contributed by atoms with E-state index in [0.29, 0.717) is 5.82 Å². The van der Waals surface area contributed by atoms with Crippen molar-refractivity contribution in [2.24, 2.45) is 0 Å². The molecule has 0 aliphatic rings. The highest BCUT2D eigenvalue weighted by Gasteiger charge is 2.09. The predicted octanol–water partition coefficient (Wildman–Crippen LogP) is 0.0885. The average molecular weight is 192 g/mol. The summed E-state index contributed by atoms with van der Waals surface area (Å²) in [5.41, 5.74) is 0.873. The molecule has 2 aromatic heterocycles. The second-order valence-corrected chi connectivity index (χ2v) is 2.72. The fourth-order valence-corrected chi connectivity index (χ4v) is 0.972. The molecule has 2 aromatic rings. The monoisotopic (exact) mass is 192 g/mol. The van der Waals surface area contributed by atoms with Gasteiger partial charge in [-0.1, -0.05) is 0 Å². The summed E-state index contributed by atoms with van der Waals surface area (Å²) in [6, 6.07) is 1.72. The third kappa shape index (κ3) is 1.60. The molecule has 7 heteroatoms. The lowest BCUT2D eigenvalue weighted by molar-refractivity contribution is 0.101. The van der Waals surface area contributed by atoms with E-state index in [0.717, 1.165) is 5.69 Å². The van der Waals surface area contributed by atoms with E-state index in [1.807, 2.05) is 6.92 Å². The molecule has 2 heterocycles. The summed E-state index contributed by atoms with van der Waals surface area (Å²) >= 11 is 0. The lowest BCUT2D eigenvalue weighted by Gasteiger charge is -1.95. The molecule has 0 aliphatic heterocycles. The van der Waals surface area contributed by atoms with Gasteiger partial charge in [0.15, 0.2) is 5.82 Å². The van der Waals surface area contributed by atoms with Gasteiger partial charge in [-0.05, 0) is 6.92 Å². The van der Waals surface area contributed by atoms with E-state index < -0.39 is 0 Å². The maximum atomic E-state index is 11.4. The van der Waals surface area contributed by atoms with Crippen molar-refractivity contribution >= 4 is 11.7 Å². The van der Waals surface area contributed by atoms with E-state index >= 15 is 0 Å². The minimum atomic E-state index is -0.367. The van der Waals surface area contributed by atoms with E-state index in [9.17, 15) is 4.79 Å². The van der Waals surface area contributed by atoms with Gasteiger partial charge in [0, 0.05) is 11.8 Å². The maximum absolute atomic E-state index is 11.4. The quantitative estimate of drug-likeness (QED) is 0.627. The van der Waals surface area contributed by atoms with Gasteiger partial charge in [0.2, 0.25) is 5.82 Å². The summed E-state index contributed by atoms with van der Waals surface area (Å²) < 4.78 is 0. The average Bonchev–Trinajstić information content (AvgIpc) is 2.75. The van der Waals surface area contributed by atoms with Crippen molar-refractivity contribution in [2.75, 3.05) is 5.32 Å². The van der Waals surface area contributed by atoms with Crippen LogP contribution in [0.2, 0.25) is 0 Å². The van der Waals surface area contributed by atoms with Crippen LogP contribution in [-0.2, 0) is 0 Å². The second-order valence-electron chi connectivity index (χ2n) is 2.72. The van der Waals surface area contributed by atoms with Crippen molar-refractivity contribution in [3.05, 3.63) is 23.9 Å². The van der Waals surface area contributed by atoms with E-state index in [1.54, 1.807) is 6.07 Å². The second kappa shape index (κ2) is 3.29. The Balaban J connectivity index is 2.09. The Morgan fingerprint density at radius 3 is 2.93 bits per heavy atom. The molecule has 0 bridgehead atoms. The van der Waals surface area contributed by atoms with Crippen molar-refractivity contribution in [1.29, 1.82) is 0 Å². The minimum absolute atomic E-state index is 0.158. The molecule has 7 nitrogen and oxygen atoms in total. The number of anilines is 1. The number of hydrogen-bond donors (Lipinski definition) is 3. The Kier molecular flexibility index (Phi) is 1.98. The van der Waals surface area contributed by atoms with Crippen LogP contribution < -0.4 is 5.32 Å². The lowest BCUT2D eigenvalue weighted by Crippen LogP contribution is -2.13. The SMILES string of the molecule is Cc1cc(NC(=O)c2ncn[nH]2)n[nH]1. The highest BCUT2D eigenvalue weighted by molar-refractivity contribution is 6.00. The molecule has 0 fully saturated rings. The predicted molar refractivity (Wildman–Crippen MR) is 47.7 cm³/mol. The number of aryl methyl sites for hydroxylation is 1. The van der Waals surface area contributed by atoms with Crippen LogP contribution in [0.25, 0.3) is 0 Å². The van der Waals surface area contributed by atoms with Crippen LogP contribution in [0.4, 0.5) is 5.82 Å². The Labute approximate surface area is 78.9 Å². The first kappa shape index (κ1) is 8.42. The molecular weight excluding hydrogens is 184 g/mol. The van der Waals surface area contributed by atoms with Crippen LogP contribution >= 0.6 is 0 Å². The molecule has 0 aliphatic carbocycles. The summed E-state index contributed by atoms with van der Waals surface area (Å²) in [6.07, 6.45) is 1.27. The van der Waals surface area contributed by atoms with Gasteiger partial charge >= 0.3 is 0 Å². The molecular formula is C7H8N6O. The van der Waals surface area contributed by atoms with Gasteiger partial charge in [-0.25, -0.2) is 4.98 Å². The highest BCUT2D eigenvalue weighted by Crippen LogP contribution is 2.04. The number of carbonyl (C=O) groups is 1. The summed E-state index contributed by atoms with van der Waals surface area (Å²) in [6.45, 7) is 1.84. The molecule has 14 heavy (non-hydrogen) atoms. The zero-order valence-electron chi connectivity index (χ0n) is 7.40.